The Hall–Kier alpha value is -3.47. The Morgan fingerprint density at radius 3 is 1.06 bits per heavy atom. The van der Waals surface area contributed by atoms with Gasteiger partial charge in [-0.3, -0.25) is 4.79 Å². The SMILES string of the molecule is CC/C=C\C/C=C\C/C=C\C/C=C\C/C=C\C/C=C\C/C=C\C/C=C\C/C=C\C/C=C\CCCCCCCCCCC(=O)NC(CO)C(O)/C=C/CCCCCCCCCCC. The number of unbranched alkanes of at least 4 members (excludes halogenated alkanes) is 17. The van der Waals surface area contributed by atoms with Crippen LogP contribution in [0.25, 0.3) is 0 Å². The zero-order valence-electron chi connectivity index (χ0n) is 40.1. The third-order valence-electron chi connectivity index (χ3n) is 10.6. The molecule has 0 rings (SSSR count). The van der Waals surface area contributed by atoms with Crippen LogP contribution < -0.4 is 5.32 Å². The molecule has 62 heavy (non-hydrogen) atoms. The van der Waals surface area contributed by atoms with E-state index in [1.54, 1.807) is 6.08 Å². The molecular formula is C58H95NO3. The largest absolute Gasteiger partial charge is 0.394 e. The second-order valence-electron chi connectivity index (χ2n) is 16.5. The number of aliphatic hydroxyl groups is 2. The lowest BCUT2D eigenvalue weighted by molar-refractivity contribution is -0.123. The monoisotopic (exact) mass is 854 g/mol. The van der Waals surface area contributed by atoms with E-state index in [1.807, 2.05) is 6.08 Å². The van der Waals surface area contributed by atoms with Crippen molar-refractivity contribution in [3.05, 3.63) is 134 Å². The van der Waals surface area contributed by atoms with E-state index in [2.05, 4.69) is 141 Å². The highest BCUT2D eigenvalue weighted by atomic mass is 16.3. The van der Waals surface area contributed by atoms with Gasteiger partial charge in [0, 0.05) is 6.42 Å². The first kappa shape index (κ1) is 58.5. The van der Waals surface area contributed by atoms with Gasteiger partial charge in [-0.2, -0.15) is 0 Å². The first-order valence-corrected chi connectivity index (χ1v) is 25.4. The van der Waals surface area contributed by atoms with Crippen molar-refractivity contribution in [3.63, 3.8) is 0 Å². The normalized spacial score (nSPS) is 14.1. The topological polar surface area (TPSA) is 69.6 Å². The number of rotatable bonds is 44. The van der Waals surface area contributed by atoms with Crippen molar-refractivity contribution >= 4 is 5.91 Å². The summed E-state index contributed by atoms with van der Waals surface area (Å²) in [4.78, 5) is 12.4. The summed E-state index contributed by atoms with van der Waals surface area (Å²) in [6, 6.07) is -0.634. The predicted molar refractivity (Wildman–Crippen MR) is 275 cm³/mol. The van der Waals surface area contributed by atoms with E-state index >= 15 is 0 Å². The standard InChI is InChI=1S/C58H95NO3/c1-3-5-7-9-11-13-15-16-17-18-19-20-21-22-23-24-25-26-27-28-29-30-31-32-33-34-35-36-37-38-39-40-41-42-44-46-48-50-52-54-58(62)59-56(55-60)57(61)53-51-49-47-45-43-14-12-10-8-6-4-2/h5,7,11,13,16-17,19-20,22-23,25-26,28-29,31-32,34-35,37-38,51,53,56-57,60-61H,3-4,6,8-10,12,14-15,18,21,24,27,30,33,36,39-50,52,54-55H2,1-2H3,(H,59,62)/b7-5-,13-11-,17-16-,20-19-,23-22-,26-25-,29-28-,32-31-,35-34-,38-37-,53-51+. The number of aliphatic hydroxyl groups excluding tert-OH is 2. The Morgan fingerprint density at radius 1 is 0.403 bits per heavy atom. The molecule has 0 aromatic rings. The molecule has 0 aliphatic rings. The Labute approximate surface area is 383 Å². The van der Waals surface area contributed by atoms with Crippen LogP contribution >= 0.6 is 0 Å². The summed E-state index contributed by atoms with van der Waals surface area (Å²) in [5.74, 6) is -0.0804. The molecule has 0 aliphatic heterocycles. The van der Waals surface area contributed by atoms with Crippen LogP contribution in [0.2, 0.25) is 0 Å². The summed E-state index contributed by atoms with van der Waals surface area (Å²) in [5, 5.41) is 23.0. The average Bonchev–Trinajstić information content (AvgIpc) is 3.28. The Kier molecular flexibility index (Phi) is 49.0. The lowest BCUT2D eigenvalue weighted by atomic mass is 10.1. The van der Waals surface area contributed by atoms with Gasteiger partial charge in [-0.15, -0.1) is 0 Å². The molecular weight excluding hydrogens is 759 g/mol. The molecule has 0 heterocycles. The molecule has 0 radical (unpaired) electrons. The Balaban J connectivity index is 3.65. The van der Waals surface area contributed by atoms with Crippen molar-refractivity contribution < 1.29 is 15.0 Å². The third-order valence-corrected chi connectivity index (χ3v) is 10.6. The number of carbonyl (C=O) groups excluding carboxylic acids is 1. The molecule has 0 aliphatic carbocycles. The van der Waals surface area contributed by atoms with E-state index in [9.17, 15) is 15.0 Å². The highest BCUT2D eigenvalue weighted by Crippen LogP contribution is 2.13. The molecule has 0 fully saturated rings. The van der Waals surface area contributed by atoms with Crippen LogP contribution in [0.4, 0.5) is 0 Å². The smallest absolute Gasteiger partial charge is 0.220 e. The Morgan fingerprint density at radius 2 is 0.710 bits per heavy atom. The maximum Gasteiger partial charge on any atom is 0.220 e. The maximum absolute atomic E-state index is 12.4. The van der Waals surface area contributed by atoms with E-state index in [1.165, 1.54) is 83.5 Å². The molecule has 4 nitrogen and oxygen atoms in total. The molecule has 2 atom stereocenters. The van der Waals surface area contributed by atoms with E-state index in [4.69, 9.17) is 0 Å². The fraction of sp³-hybridized carbons (Fsp3) is 0.603. The van der Waals surface area contributed by atoms with Crippen LogP contribution in [-0.4, -0.2) is 34.9 Å². The van der Waals surface area contributed by atoms with Gasteiger partial charge in [-0.25, -0.2) is 0 Å². The average molecular weight is 854 g/mol. The van der Waals surface area contributed by atoms with Crippen molar-refractivity contribution in [2.24, 2.45) is 0 Å². The van der Waals surface area contributed by atoms with Gasteiger partial charge in [0.05, 0.1) is 18.8 Å². The number of hydrogen-bond acceptors (Lipinski definition) is 3. The minimum Gasteiger partial charge on any atom is -0.394 e. The molecule has 350 valence electrons. The van der Waals surface area contributed by atoms with Crippen molar-refractivity contribution in [1.82, 2.24) is 5.32 Å². The summed E-state index contributed by atoms with van der Waals surface area (Å²) in [7, 11) is 0. The summed E-state index contributed by atoms with van der Waals surface area (Å²) in [6.45, 7) is 4.16. The number of allylic oxidation sites excluding steroid dienone is 21. The van der Waals surface area contributed by atoms with Gasteiger partial charge in [0.25, 0.3) is 0 Å². The van der Waals surface area contributed by atoms with Gasteiger partial charge in [0.1, 0.15) is 0 Å². The summed E-state index contributed by atoms with van der Waals surface area (Å²) in [6.07, 6.45) is 81.5. The lowest BCUT2D eigenvalue weighted by Crippen LogP contribution is -2.45. The molecule has 4 heteroatoms. The Bertz CT molecular complexity index is 1290. The van der Waals surface area contributed by atoms with Crippen molar-refractivity contribution in [3.8, 4) is 0 Å². The third kappa shape index (κ3) is 47.6. The molecule has 0 bridgehead atoms. The van der Waals surface area contributed by atoms with Gasteiger partial charge < -0.3 is 15.5 Å². The zero-order chi connectivity index (χ0) is 44.9. The van der Waals surface area contributed by atoms with Crippen LogP contribution in [0.1, 0.15) is 206 Å². The minimum absolute atomic E-state index is 0.0804. The quantitative estimate of drug-likeness (QED) is 0.0422. The zero-order valence-corrected chi connectivity index (χ0v) is 40.1. The van der Waals surface area contributed by atoms with E-state index in [0.717, 1.165) is 103 Å². The number of carbonyl (C=O) groups is 1. The minimum atomic E-state index is -0.849. The predicted octanol–water partition coefficient (Wildman–Crippen LogP) is 16.7. The first-order chi connectivity index (χ1) is 30.7. The highest BCUT2D eigenvalue weighted by Gasteiger charge is 2.17. The van der Waals surface area contributed by atoms with Gasteiger partial charge in [0.15, 0.2) is 0 Å². The number of amides is 1. The van der Waals surface area contributed by atoms with Crippen LogP contribution in [0.5, 0.6) is 0 Å². The number of nitrogens with one attached hydrogen (secondary N) is 1. The molecule has 3 N–H and O–H groups in total. The van der Waals surface area contributed by atoms with Gasteiger partial charge in [0.2, 0.25) is 5.91 Å². The van der Waals surface area contributed by atoms with Crippen molar-refractivity contribution in [2.75, 3.05) is 6.61 Å². The van der Waals surface area contributed by atoms with Crippen LogP contribution in [-0.2, 0) is 4.79 Å². The summed E-state index contributed by atoms with van der Waals surface area (Å²) < 4.78 is 0. The fourth-order valence-corrected chi connectivity index (χ4v) is 6.79. The van der Waals surface area contributed by atoms with Crippen molar-refractivity contribution in [1.29, 1.82) is 0 Å². The molecule has 0 aromatic carbocycles. The van der Waals surface area contributed by atoms with Crippen LogP contribution in [0.3, 0.4) is 0 Å². The van der Waals surface area contributed by atoms with Gasteiger partial charge >= 0.3 is 0 Å². The molecule has 1 amide bonds. The van der Waals surface area contributed by atoms with E-state index in [0.29, 0.717) is 6.42 Å². The summed E-state index contributed by atoms with van der Waals surface area (Å²) in [5.41, 5.74) is 0. The second-order valence-corrected chi connectivity index (χ2v) is 16.5. The van der Waals surface area contributed by atoms with Crippen LogP contribution in [0, 0.1) is 0 Å². The van der Waals surface area contributed by atoms with Crippen molar-refractivity contribution in [2.45, 2.75) is 219 Å². The molecule has 0 aromatic heterocycles. The van der Waals surface area contributed by atoms with E-state index < -0.39 is 12.1 Å². The van der Waals surface area contributed by atoms with E-state index in [-0.39, 0.29) is 12.5 Å². The maximum atomic E-state index is 12.4. The van der Waals surface area contributed by atoms with Gasteiger partial charge in [-0.05, 0) is 96.3 Å². The summed E-state index contributed by atoms with van der Waals surface area (Å²) >= 11 is 0. The molecule has 2 unspecified atom stereocenters. The van der Waals surface area contributed by atoms with Gasteiger partial charge in [-0.1, -0.05) is 237 Å². The highest BCUT2D eigenvalue weighted by molar-refractivity contribution is 5.76. The number of hydrogen-bond donors (Lipinski definition) is 3. The molecule has 0 saturated heterocycles. The first-order valence-electron chi connectivity index (χ1n) is 25.4. The fourth-order valence-electron chi connectivity index (χ4n) is 6.79. The van der Waals surface area contributed by atoms with Crippen LogP contribution in [0.15, 0.2) is 134 Å². The molecule has 0 spiro atoms. The second kappa shape index (κ2) is 51.9. The lowest BCUT2D eigenvalue weighted by Gasteiger charge is -2.20. The molecule has 0 saturated carbocycles.